The fourth-order valence-electron chi connectivity index (χ4n) is 6.27. The molecule has 0 aliphatic rings. The lowest BCUT2D eigenvalue weighted by molar-refractivity contribution is 0.488. The molecule has 0 radical (unpaired) electrons. The van der Waals surface area contributed by atoms with Crippen LogP contribution in [0, 0.1) is 0 Å². The predicted octanol–water partition coefficient (Wildman–Crippen LogP) is 10.7. The number of ether oxygens (including phenoxy) is 1. The van der Waals surface area contributed by atoms with Crippen LogP contribution < -0.4 is 4.74 Å². The largest absolute Gasteiger partial charge is 0.457 e. The van der Waals surface area contributed by atoms with E-state index in [1.165, 1.54) is 32.6 Å². The molecule has 0 aliphatic carbocycles. The minimum absolute atomic E-state index is 0.575. The smallest absolute Gasteiger partial charge is 0.227 e. The highest BCUT2D eigenvalue weighted by Gasteiger charge is 2.17. The quantitative estimate of drug-likeness (QED) is 0.218. The van der Waals surface area contributed by atoms with Crippen LogP contribution in [-0.4, -0.2) is 9.55 Å². The van der Waals surface area contributed by atoms with Crippen molar-refractivity contribution in [3.05, 3.63) is 146 Å². The molecule has 2 aromatic heterocycles. The molecule has 202 valence electrons. The van der Waals surface area contributed by atoms with E-state index in [9.17, 15) is 0 Å². The summed E-state index contributed by atoms with van der Waals surface area (Å²) >= 11 is 0. The molecule has 9 aromatic rings. The van der Waals surface area contributed by atoms with E-state index in [1.54, 1.807) is 0 Å². The first-order chi connectivity index (χ1) is 21.3. The maximum atomic E-state index is 6.55. The summed E-state index contributed by atoms with van der Waals surface area (Å²) in [4.78, 5) is 4.66. The summed E-state index contributed by atoms with van der Waals surface area (Å²) in [6.45, 7) is 0. The molecule has 0 aliphatic heterocycles. The molecule has 0 saturated carbocycles. The van der Waals surface area contributed by atoms with Gasteiger partial charge in [0.25, 0.3) is 0 Å². The third-order valence-electron chi connectivity index (χ3n) is 8.24. The van der Waals surface area contributed by atoms with E-state index < -0.39 is 0 Å². The Hall–Kier alpha value is -5.87. The number of aromatic nitrogens is 2. The molecule has 0 saturated heterocycles. The summed E-state index contributed by atoms with van der Waals surface area (Å²) in [7, 11) is 0. The zero-order chi connectivity index (χ0) is 28.3. The first-order valence-electron chi connectivity index (χ1n) is 14.4. The first-order valence-corrected chi connectivity index (χ1v) is 14.4. The van der Waals surface area contributed by atoms with Crippen LogP contribution in [0.15, 0.2) is 150 Å². The lowest BCUT2D eigenvalue weighted by atomic mass is 10.1. The first kappa shape index (κ1) is 23.8. The van der Waals surface area contributed by atoms with Crippen LogP contribution in [0.5, 0.6) is 11.5 Å². The van der Waals surface area contributed by atoms with Gasteiger partial charge in [0.05, 0.1) is 16.7 Å². The molecule has 0 spiro atoms. The summed E-state index contributed by atoms with van der Waals surface area (Å²) in [5, 5.41) is 7.11. The van der Waals surface area contributed by atoms with Gasteiger partial charge in [0.15, 0.2) is 5.58 Å². The Morgan fingerprint density at radius 2 is 1.28 bits per heavy atom. The number of nitrogens with zero attached hydrogens (tertiary/aromatic N) is 2. The summed E-state index contributed by atoms with van der Waals surface area (Å²) in [5.74, 6) is 2.09. The van der Waals surface area contributed by atoms with E-state index in [1.807, 2.05) is 48.5 Å². The molecule has 2 heterocycles. The van der Waals surface area contributed by atoms with Gasteiger partial charge in [-0.2, -0.15) is 0 Å². The fourth-order valence-corrected chi connectivity index (χ4v) is 6.27. The number of fused-ring (bicyclic) bond motifs is 6. The van der Waals surface area contributed by atoms with Crippen molar-refractivity contribution in [1.29, 1.82) is 0 Å². The number of benzene rings is 7. The standard InChI is InChI=1S/C39H24N2O2/c1-2-11-26-24-36-32(23-25(26)10-1)30-15-5-7-18-34(30)41(36)35-20-21-37(31-16-4-3-14-29(31)35)42-28-13-9-12-27(22-28)39-40-33-17-6-8-19-38(33)43-39/h1-24H. The molecule has 9 rings (SSSR count). The third-order valence-corrected chi connectivity index (χ3v) is 8.24. The van der Waals surface area contributed by atoms with E-state index in [0.717, 1.165) is 44.6 Å². The summed E-state index contributed by atoms with van der Waals surface area (Å²) in [5.41, 5.74) is 5.95. The van der Waals surface area contributed by atoms with E-state index in [4.69, 9.17) is 9.15 Å². The second-order valence-electron chi connectivity index (χ2n) is 10.8. The highest BCUT2D eigenvalue weighted by atomic mass is 16.5. The van der Waals surface area contributed by atoms with E-state index >= 15 is 0 Å². The molecular formula is C39H24N2O2. The Bertz CT molecular complexity index is 2470. The van der Waals surface area contributed by atoms with Gasteiger partial charge in [-0.25, -0.2) is 4.98 Å². The van der Waals surface area contributed by atoms with Gasteiger partial charge in [-0.3, -0.25) is 0 Å². The van der Waals surface area contributed by atoms with Crippen molar-refractivity contribution in [3.63, 3.8) is 0 Å². The van der Waals surface area contributed by atoms with Crippen LogP contribution >= 0.6 is 0 Å². The Morgan fingerprint density at radius 3 is 2.16 bits per heavy atom. The minimum atomic E-state index is 0.575. The Kier molecular flexibility index (Phi) is 5.16. The SMILES string of the molecule is c1cc(Oc2ccc(-n3c4ccccc4c4cc5ccccc5cc43)c3ccccc23)cc(-c2nc3ccccc3o2)c1. The zero-order valence-corrected chi connectivity index (χ0v) is 23.1. The van der Waals surface area contributed by atoms with Gasteiger partial charge in [-0.15, -0.1) is 0 Å². The average molecular weight is 553 g/mol. The predicted molar refractivity (Wildman–Crippen MR) is 175 cm³/mol. The summed E-state index contributed by atoms with van der Waals surface area (Å²) in [6, 6.07) is 50.2. The van der Waals surface area contributed by atoms with Crippen LogP contribution in [0.3, 0.4) is 0 Å². The van der Waals surface area contributed by atoms with Crippen molar-refractivity contribution in [3.8, 4) is 28.6 Å². The molecule has 4 nitrogen and oxygen atoms in total. The second kappa shape index (κ2) is 9.33. The van der Waals surface area contributed by atoms with Crippen LogP contribution in [-0.2, 0) is 0 Å². The van der Waals surface area contributed by atoms with E-state index in [2.05, 4.69) is 107 Å². The molecule has 7 aromatic carbocycles. The Labute approximate surface area is 247 Å². The molecule has 0 N–H and O–H groups in total. The fraction of sp³-hybridized carbons (Fsp3) is 0. The zero-order valence-electron chi connectivity index (χ0n) is 23.1. The van der Waals surface area contributed by atoms with Crippen LogP contribution in [0.25, 0.3) is 71.6 Å². The third kappa shape index (κ3) is 3.81. The van der Waals surface area contributed by atoms with Gasteiger partial charge in [0.1, 0.15) is 17.0 Å². The molecule has 0 atom stereocenters. The summed E-state index contributed by atoms with van der Waals surface area (Å²) < 4.78 is 15.0. The number of hydrogen-bond acceptors (Lipinski definition) is 3. The normalized spacial score (nSPS) is 11.7. The maximum Gasteiger partial charge on any atom is 0.227 e. The number of oxazole rings is 1. The van der Waals surface area contributed by atoms with Gasteiger partial charge < -0.3 is 13.7 Å². The monoisotopic (exact) mass is 552 g/mol. The van der Waals surface area contributed by atoms with Crippen molar-refractivity contribution in [2.24, 2.45) is 0 Å². The molecule has 4 heteroatoms. The van der Waals surface area contributed by atoms with Crippen LogP contribution in [0.2, 0.25) is 0 Å². The van der Waals surface area contributed by atoms with Gasteiger partial charge in [0.2, 0.25) is 5.89 Å². The van der Waals surface area contributed by atoms with Gasteiger partial charge in [0, 0.05) is 27.1 Å². The molecule has 0 amide bonds. The molecular weight excluding hydrogens is 528 g/mol. The van der Waals surface area contributed by atoms with Crippen molar-refractivity contribution >= 4 is 54.5 Å². The highest BCUT2D eigenvalue weighted by Crippen LogP contribution is 2.40. The average Bonchev–Trinajstić information content (AvgIpc) is 3.64. The number of hydrogen-bond donors (Lipinski definition) is 0. The Balaban J connectivity index is 1.19. The van der Waals surface area contributed by atoms with Crippen LogP contribution in [0.1, 0.15) is 0 Å². The Morgan fingerprint density at radius 1 is 0.535 bits per heavy atom. The van der Waals surface area contributed by atoms with Crippen LogP contribution in [0.4, 0.5) is 0 Å². The van der Waals surface area contributed by atoms with Gasteiger partial charge in [-0.05, 0) is 71.4 Å². The van der Waals surface area contributed by atoms with E-state index in [0.29, 0.717) is 5.89 Å². The summed E-state index contributed by atoms with van der Waals surface area (Å²) in [6.07, 6.45) is 0. The molecule has 0 fully saturated rings. The molecule has 0 bridgehead atoms. The van der Waals surface area contributed by atoms with Crippen molar-refractivity contribution in [1.82, 2.24) is 9.55 Å². The van der Waals surface area contributed by atoms with E-state index in [-0.39, 0.29) is 0 Å². The maximum absolute atomic E-state index is 6.55. The lowest BCUT2D eigenvalue weighted by Gasteiger charge is -2.15. The topological polar surface area (TPSA) is 40.2 Å². The minimum Gasteiger partial charge on any atom is -0.457 e. The number of rotatable bonds is 4. The van der Waals surface area contributed by atoms with Gasteiger partial charge >= 0.3 is 0 Å². The van der Waals surface area contributed by atoms with Crippen molar-refractivity contribution in [2.45, 2.75) is 0 Å². The lowest BCUT2D eigenvalue weighted by Crippen LogP contribution is -1.96. The molecule has 43 heavy (non-hydrogen) atoms. The van der Waals surface area contributed by atoms with Crippen molar-refractivity contribution in [2.75, 3.05) is 0 Å². The van der Waals surface area contributed by atoms with Gasteiger partial charge in [-0.1, -0.05) is 84.9 Å². The number of para-hydroxylation sites is 3. The molecule has 0 unspecified atom stereocenters. The second-order valence-corrected chi connectivity index (χ2v) is 10.8. The van der Waals surface area contributed by atoms with Crippen molar-refractivity contribution < 1.29 is 9.15 Å². The highest BCUT2D eigenvalue weighted by molar-refractivity contribution is 6.14.